The van der Waals surface area contributed by atoms with E-state index in [1.165, 1.54) is 0 Å². The molecule has 0 aromatic carbocycles. The van der Waals surface area contributed by atoms with Crippen LogP contribution in [-0.4, -0.2) is 22.7 Å². The van der Waals surface area contributed by atoms with E-state index in [1.807, 2.05) is 41.5 Å². The van der Waals surface area contributed by atoms with Gasteiger partial charge in [0.05, 0.1) is 0 Å². The molecule has 0 aliphatic carbocycles. The Balaban J connectivity index is 5.82. The zero-order valence-corrected chi connectivity index (χ0v) is 13.6. The second kappa shape index (κ2) is 6.81. The van der Waals surface area contributed by atoms with E-state index in [2.05, 4.69) is 10.2 Å². The lowest BCUT2D eigenvalue weighted by molar-refractivity contribution is 0.328. The lowest BCUT2D eigenvalue weighted by Crippen LogP contribution is -2.49. The molecule has 0 rings (SSSR count). The van der Waals surface area contributed by atoms with Crippen LogP contribution in [0.2, 0.25) is 0 Å². The second-order valence-corrected chi connectivity index (χ2v) is 5.89. The van der Waals surface area contributed by atoms with E-state index in [1.54, 1.807) is 0 Å². The maximum Gasteiger partial charge on any atom is 0.140 e. The number of nitrogens with two attached hydrogens (primary N) is 2. The van der Waals surface area contributed by atoms with Crippen LogP contribution in [0.5, 0.6) is 0 Å². The molecule has 116 valence electrons. The van der Waals surface area contributed by atoms with Crippen molar-refractivity contribution in [3.8, 4) is 0 Å². The van der Waals surface area contributed by atoms with Gasteiger partial charge in [-0.25, -0.2) is 0 Å². The fraction of sp³-hybridized carbons (Fsp3) is 0.857. The van der Waals surface area contributed by atoms with Gasteiger partial charge in [-0.1, -0.05) is 41.5 Å². The summed E-state index contributed by atoms with van der Waals surface area (Å²) in [7, 11) is 0. The van der Waals surface area contributed by atoms with E-state index < -0.39 is 11.1 Å². The third-order valence-electron chi connectivity index (χ3n) is 4.33. The molecule has 0 radical (unpaired) electrons. The lowest BCUT2D eigenvalue weighted by Gasteiger charge is -2.34. The molecule has 0 heterocycles. The van der Waals surface area contributed by atoms with E-state index >= 15 is 0 Å². The summed E-state index contributed by atoms with van der Waals surface area (Å²) in [5.41, 5.74) is 9.87. The summed E-state index contributed by atoms with van der Waals surface area (Å²) < 4.78 is 0. The number of nitrogens with one attached hydrogen (secondary N) is 2. The van der Waals surface area contributed by atoms with Gasteiger partial charge >= 0.3 is 0 Å². The second-order valence-electron chi connectivity index (χ2n) is 5.89. The maximum atomic E-state index is 7.85. The number of rotatable bonds is 8. The van der Waals surface area contributed by atoms with Crippen LogP contribution >= 0.6 is 0 Å². The van der Waals surface area contributed by atoms with E-state index in [0.29, 0.717) is 12.8 Å². The Kier molecular flexibility index (Phi) is 6.32. The minimum absolute atomic E-state index is 0.0102. The Morgan fingerprint density at radius 2 is 1.10 bits per heavy atom. The van der Waals surface area contributed by atoms with Crippen LogP contribution in [0.3, 0.4) is 0 Å². The van der Waals surface area contributed by atoms with E-state index in [4.69, 9.17) is 22.3 Å². The third-order valence-corrected chi connectivity index (χ3v) is 4.33. The molecule has 6 N–H and O–H groups in total. The van der Waals surface area contributed by atoms with Gasteiger partial charge in [-0.2, -0.15) is 10.2 Å². The predicted molar refractivity (Wildman–Crippen MR) is 84.4 cm³/mol. The number of amidine groups is 2. The topological polar surface area (TPSA) is 124 Å². The van der Waals surface area contributed by atoms with Crippen molar-refractivity contribution in [1.29, 1.82) is 10.8 Å². The normalized spacial score (nSPS) is 18.2. The number of azo groups is 1. The molecule has 0 fully saturated rings. The first-order valence-corrected chi connectivity index (χ1v) is 7.23. The van der Waals surface area contributed by atoms with Crippen LogP contribution in [-0.2, 0) is 0 Å². The maximum absolute atomic E-state index is 7.85. The standard InChI is InChI=1S/C14H30N6/c1-7-13(9(3)4,11(15)16)19-20-14(8-2,10(5)6)12(17)18/h9-10H,7-8H2,1-6H3,(H3,15,16)(H3,17,18)/b20-19+. The molecule has 0 aliphatic heterocycles. The Morgan fingerprint density at radius 1 is 0.850 bits per heavy atom. The average Bonchev–Trinajstić information content (AvgIpc) is 2.33. The van der Waals surface area contributed by atoms with Crippen molar-refractivity contribution < 1.29 is 0 Å². The first-order valence-electron chi connectivity index (χ1n) is 7.23. The van der Waals surface area contributed by atoms with E-state index in [0.717, 1.165) is 0 Å². The summed E-state index contributed by atoms with van der Waals surface area (Å²) in [6, 6.07) is 0. The SMILES string of the molecule is CCC(/N=N/C(CC)(C(=N)N)C(C)C)(C(=N)N)C(C)C. The highest BCUT2D eigenvalue weighted by Crippen LogP contribution is 2.32. The largest absolute Gasteiger partial charge is 0.386 e. The van der Waals surface area contributed by atoms with Gasteiger partial charge in [-0.15, -0.1) is 0 Å². The molecule has 2 atom stereocenters. The molecule has 0 aromatic rings. The molecule has 6 nitrogen and oxygen atoms in total. The van der Waals surface area contributed by atoms with E-state index in [-0.39, 0.29) is 23.5 Å². The predicted octanol–water partition coefficient (Wildman–Crippen LogP) is 2.92. The molecule has 0 saturated carbocycles. The van der Waals surface area contributed by atoms with Crippen LogP contribution in [0.15, 0.2) is 10.2 Å². The minimum atomic E-state index is -0.815. The number of hydrogen-bond acceptors (Lipinski definition) is 4. The monoisotopic (exact) mass is 282 g/mol. The van der Waals surface area contributed by atoms with Gasteiger partial charge in [0, 0.05) is 0 Å². The van der Waals surface area contributed by atoms with Crippen molar-refractivity contribution in [2.45, 2.75) is 65.5 Å². The average molecular weight is 282 g/mol. The van der Waals surface area contributed by atoms with Crippen LogP contribution in [0, 0.1) is 22.7 Å². The van der Waals surface area contributed by atoms with Gasteiger partial charge in [0.2, 0.25) is 0 Å². The van der Waals surface area contributed by atoms with Crippen molar-refractivity contribution in [3.05, 3.63) is 0 Å². The summed E-state index contributed by atoms with van der Waals surface area (Å²) in [5.74, 6) is 0.136. The molecule has 6 heteroatoms. The first kappa shape index (κ1) is 18.5. The fourth-order valence-electron chi connectivity index (χ4n) is 2.48. The van der Waals surface area contributed by atoms with Crippen molar-refractivity contribution in [2.24, 2.45) is 33.5 Å². The van der Waals surface area contributed by atoms with Crippen LogP contribution in [0.1, 0.15) is 54.4 Å². The molecule has 20 heavy (non-hydrogen) atoms. The number of hydrogen-bond donors (Lipinski definition) is 4. The van der Waals surface area contributed by atoms with Gasteiger partial charge < -0.3 is 11.5 Å². The van der Waals surface area contributed by atoms with Gasteiger partial charge in [0.1, 0.15) is 22.7 Å². The molecule has 0 amide bonds. The Labute approximate surface area is 122 Å². The van der Waals surface area contributed by atoms with E-state index in [9.17, 15) is 0 Å². The zero-order valence-electron chi connectivity index (χ0n) is 13.6. The van der Waals surface area contributed by atoms with Gasteiger partial charge in [0.15, 0.2) is 0 Å². The molecular weight excluding hydrogens is 252 g/mol. The summed E-state index contributed by atoms with van der Waals surface area (Å²) >= 11 is 0. The van der Waals surface area contributed by atoms with Crippen molar-refractivity contribution in [2.75, 3.05) is 0 Å². The molecule has 2 unspecified atom stereocenters. The highest BCUT2D eigenvalue weighted by atomic mass is 15.2. The highest BCUT2D eigenvalue weighted by Gasteiger charge is 2.40. The van der Waals surface area contributed by atoms with Crippen LogP contribution < -0.4 is 11.5 Å². The molecule has 0 aromatic heterocycles. The van der Waals surface area contributed by atoms with Crippen molar-refractivity contribution in [3.63, 3.8) is 0 Å². The van der Waals surface area contributed by atoms with Crippen LogP contribution in [0.4, 0.5) is 0 Å². The fourth-order valence-corrected chi connectivity index (χ4v) is 2.48. The smallest absolute Gasteiger partial charge is 0.140 e. The zero-order chi connectivity index (χ0) is 16.1. The van der Waals surface area contributed by atoms with Gasteiger partial charge in [0.25, 0.3) is 0 Å². The third kappa shape index (κ3) is 3.16. The molecule has 0 aliphatic rings. The summed E-state index contributed by atoms with van der Waals surface area (Å²) in [4.78, 5) is 0. The lowest BCUT2D eigenvalue weighted by atomic mass is 9.82. The summed E-state index contributed by atoms with van der Waals surface area (Å²) in [6.07, 6.45) is 1.19. The summed E-state index contributed by atoms with van der Waals surface area (Å²) in [6.45, 7) is 11.8. The quantitative estimate of drug-likeness (QED) is 0.310. The molecular formula is C14H30N6. The molecule has 0 spiro atoms. The Bertz CT molecular complexity index is 351. The molecule has 0 bridgehead atoms. The minimum Gasteiger partial charge on any atom is -0.386 e. The van der Waals surface area contributed by atoms with Crippen molar-refractivity contribution >= 4 is 11.7 Å². The Morgan fingerprint density at radius 3 is 1.20 bits per heavy atom. The molecule has 0 saturated heterocycles. The van der Waals surface area contributed by atoms with Gasteiger partial charge in [-0.3, -0.25) is 10.8 Å². The number of nitrogens with zero attached hydrogens (tertiary/aromatic N) is 2. The van der Waals surface area contributed by atoms with Crippen LogP contribution in [0.25, 0.3) is 0 Å². The Hall–Kier alpha value is -1.46. The first-order chi connectivity index (χ1) is 9.10. The van der Waals surface area contributed by atoms with Crippen molar-refractivity contribution in [1.82, 2.24) is 0 Å². The summed E-state index contributed by atoms with van der Waals surface area (Å²) in [5, 5.41) is 24.5. The van der Waals surface area contributed by atoms with Gasteiger partial charge in [-0.05, 0) is 24.7 Å². The highest BCUT2D eigenvalue weighted by molar-refractivity contribution is 5.89.